The predicted octanol–water partition coefficient (Wildman–Crippen LogP) is 3.35. The molecule has 18 heavy (non-hydrogen) atoms. The summed E-state index contributed by atoms with van der Waals surface area (Å²) in [5.41, 5.74) is 0.324. The molecule has 0 spiro atoms. The molecule has 2 rings (SSSR count). The third-order valence-corrected chi connectivity index (χ3v) is 3.56. The van der Waals surface area contributed by atoms with Gasteiger partial charge in [0.2, 0.25) is 0 Å². The van der Waals surface area contributed by atoms with E-state index in [0.29, 0.717) is 29.8 Å². The first-order valence-electron chi connectivity index (χ1n) is 5.53. The molecule has 0 aromatic heterocycles. The molecule has 7 heteroatoms. The molecule has 1 atom stereocenters. The fourth-order valence-corrected chi connectivity index (χ4v) is 2.15. The minimum Gasteiger partial charge on any atom is -0.381 e. The Morgan fingerprint density at radius 1 is 1.44 bits per heavy atom. The Balaban J connectivity index is 2.14. The van der Waals surface area contributed by atoms with E-state index < -0.39 is 4.92 Å². The van der Waals surface area contributed by atoms with Crippen molar-refractivity contribution in [2.24, 2.45) is 5.92 Å². The van der Waals surface area contributed by atoms with E-state index in [9.17, 15) is 10.1 Å². The summed E-state index contributed by atoms with van der Waals surface area (Å²) in [6.45, 7) is 2.05. The Labute approximate surface area is 114 Å². The highest BCUT2D eigenvalue weighted by Gasteiger charge is 2.20. The van der Waals surface area contributed by atoms with E-state index in [-0.39, 0.29) is 10.7 Å². The summed E-state index contributed by atoms with van der Waals surface area (Å²) >= 11 is 11.6. The van der Waals surface area contributed by atoms with Crippen molar-refractivity contribution >= 4 is 34.6 Å². The zero-order valence-corrected chi connectivity index (χ0v) is 11.0. The fourth-order valence-electron chi connectivity index (χ4n) is 1.83. The van der Waals surface area contributed by atoms with Crippen molar-refractivity contribution in [2.45, 2.75) is 6.42 Å². The maximum atomic E-state index is 10.9. The molecule has 0 saturated carbocycles. The molecule has 1 aliphatic heterocycles. The van der Waals surface area contributed by atoms with E-state index in [4.69, 9.17) is 27.9 Å². The van der Waals surface area contributed by atoms with E-state index in [1.807, 2.05) is 0 Å². The zero-order valence-electron chi connectivity index (χ0n) is 9.49. The Morgan fingerprint density at radius 2 is 2.17 bits per heavy atom. The van der Waals surface area contributed by atoms with Crippen molar-refractivity contribution in [2.75, 3.05) is 25.1 Å². The smallest absolute Gasteiger partial charge is 0.293 e. The molecule has 0 radical (unpaired) electrons. The van der Waals surface area contributed by atoms with E-state index in [2.05, 4.69) is 5.32 Å². The molecule has 1 N–H and O–H groups in total. The first-order valence-corrected chi connectivity index (χ1v) is 6.28. The van der Waals surface area contributed by atoms with Gasteiger partial charge in [-0.3, -0.25) is 10.1 Å². The second kappa shape index (κ2) is 5.73. The lowest BCUT2D eigenvalue weighted by Crippen LogP contribution is -2.14. The highest BCUT2D eigenvalue weighted by atomic mass is 35.5. The van der Waals surface area contributed by atoms with Crippen LogP contribution in [0.4, 0.5) is 11.4 Å². The van der Waals surface area contributed by atoms with Crippen molar-refractivity contribution in [3.8, 4) is 0 Å². The molecule has 0 aliphatic carbocycles. The Bertz CT molecular complexity index is 462. The summed E-state index contributed by atoms with van der Waals surface area (Å²) in [5.74, 6) is 0.374. The van der Waals surface area contributed by atoms with Crippen LogP contribution in [0.3, 0.4) is 0 Å². The monoisotopic (exact) mass is 290 g/mol. The van der Waals surface area contributed by atoms with Gasteiger partial charge in [-0.25, -0.2) is 0 Å². The van der Waals surface area contributed by atoms with E-state index in [1.54, 1.807) is 0 Å². The van der Waals surface area contributed by atoms with E-state index in [1.165, 1.54) is 12.1 Å². The molecule has 98 valence electrons. The van der Waals surface area contributed by atoms with Crippen LogP contribution in [0.2, 0.25) is 10.0 Å². The Hall–Kier alpha value is -1.04. The van der Waals surface area contributed by atoms with Crippen LogP contribution >= 0.6 is 23.2 Å². The van der Waals surface area contributed by atoms with Gasteiger partial charge in [0, 0.05) is 25.1 Å². The average Bonchev–Trinajstić information content (AvgIpc) is 2.83. The maximum absolute atomic E-state index is 10.9. The second-order valence-electron chi connectivity index (χ2n) is 4.15. The molecule has 1 unspecified atom stereocenters. The van der Waals surface area contributed by atoms with Crippen molar-refractivity contribution in [3.63, 3.8) is 0 Å². The maximum Gasteiger partial charge on any atom is 0.293 e. The molecule has 0 bridgehead atoms. The second-order valence-corrected chi connectivity index (χ2v) is 4.97. The zero-order chi connectivity index (χ0) is 13.1. The topological polar surface area (TPSA) is 64.4 Å². The largest absolute Gasteiger partial charge is 0.381 e. The summed E-state index contributed by atoms with van der Waals surface area (Å²) in [6.07, 6.45) is 0.960. The number of ether oxygens (including phenoxy) is 1. The highest BCUT2D eigenvalue weighted by molar-refractivity contribution is 6.42. The minimum atomic E-state index is -0.476. The van der Waals surface area contributed by atoms with Gasteiger partial charge in [-0.1, -0.05) is 23.2 Å². The summed E-state index contributed by atoms with van der Waals surface area (Å²) in [7, 11) is 0. The van der Waals surface area contributed by atoms with Gasteiger partial charge in [0.1, 0.15) is 5.69 Å². The van der Waals surface area contributed by atoms with Gasteiger partial charge < -0.3 is 10.1 Å². The molecule has 1 heterocycles. The Kier molecular flexibility index (Phi) is 4.27. The third kappa shape index (κ3) is 3.04. The van der Waals surface area contributed by atoms with E-state index in [0.717, 1.165) is 13.0 Å². The van der Waals surface area contributed by atoms with Crippen LogP contribution in [0.1, 0.15) is 6.42 Å². The third-order valence-electron chi connectivity index (χ3n) is 2.84. The van der Waals surface area contributed by atoms with Gasteiger partial charge in [-0.15, -0.1) is 0 Å². The molecule has 1 aromatic carbocycles. The summed E-state index contributed by atoms with van der Waals surface area (Å²) < 4.78 is 5.24. The molecular weight excluding hydrogens is 279 g/mol. The number of hydrogen-bond acceptors (Lipinski definition) is 4. The summed E-state index contributed by atoms with van der Waals surface area (Å²) in [5, 5.41) is 14.4. The lowest BCUT2D eigenvalue weighted by Gasteiger charge is -2.11. The van der Waals surface area contributed by atoms with Crippen molar-refractivity contribution < 1.29 is 9.66 Å². The van der Waals surface area contributed by atoms with Gasteiger partial charge >= 0.3 is 0 Å². The highest BCUT2D eigenvalue weighted by Crippen LogP contribution is 2.34. The van der Waals surface area contributed by atoms with Crippen LogP contribution in [0.5, 0.6) is 0 Å². The number of nitro benzene ring substituents is 1. The lowest BCUT2D eigenvalue weighted by molar-refractivity contribution is -0.383. The minimum absolute atomic E-state index is 0.0664. The number of nitrogens with one attached hydrogen (secondary N) is 1. The number of anilines is 1. The molecule has 1 aromatic rings. The number of benzene rings is 1. The molecule has 5 nitrogen and oxygen atoms in total. The number of hydrogen-bond donors (Lipinski definition) is 1. The first-order chi connectivity index (χ1) is 8.58. The van der Waals surface area contributed by atoms with Crippen LogP contribution in [0, 0.1) is 16.0 Å². The van der Waals surface area contributed by atoms with Crippen LogP contribution in [-0.2, 0) is 4.74 Å². The average molecular weight is 291 g/mol. The number of halogens is 2. The molecule has 0 amide bonds. The summed E-state index contributed by atoms with van der Waals surface area (Å²) in [4.78, 5) is 10.4. The standard InChI is InChI=1S/C11H12Cl2N2O3/c12-8-3-10(11(15(16)17)4-9(8)13)14-5-7-1-2-18-6-7/h3-4,7,14H,1-2,5-6H2. The van der Waals surface area contributed by atoms with Gasteiger partial charge in [-0.2, -0.15) is 0 Å². The number of nitro groups is 1. The van der Waals surface area contributed by atoms with Gasteiger partial charge in [0.05, 0.1) is 21.6 Å². The van der Waals surface area contributed by atoms with Crippen molar-refractivity contribution in [3.05, 3.63) is 32.3 Å². The fraction of sp³-hybridized carbons (Fsp3) is 0.455. The van der Waals surface area contributed by atoms with Crippen molar-refractivity contribution in [1.29, 1.82) is 0 Å². The van der Waals surface area contributed by atoms with Gasteiger partial charge in [0.25, 0.3) is 5.69 Å². The predicted molar refractivity (Wildman–Crippen MR) is 70.5 cm³/mol. The lowest BCUT2D eigenvalue weighted by atomic mass is 10.1. The normalized spacial score (nSPS) is 18.9. The van der Waals surface area contributed by atoms with E-state index >= 15 is 0 Å². The quantitative estimate of drug-likeness (QED) is 0.682. The van der Waals surface area contributed by atoms with Crippen LogP contribution < -0.4 is 5.32 Å². The molecule has 1 fully saturated rings. The summed E-state index contributed by atoms with van der Waals surface area (Å²) in [6, 6.07) is 2.75. The van der Waals surface area contributed by atoms with Crippen molar-refractivity contribution in [1.82, 2.24) is 0 Å². The van der Waals surface area contributed by atoms with Gasteiger partial charge in [0.15, 0.2) is 0 Å². The van der Waals surface area contributed by atoms with Gasteiger partial charge in [-0.05, 0) is 12.5 Å². The number of nitrogens with zero attached hydrogens (tertiary/aromatic N) is 1. The SMILES string of the molecule is O=[N+]([O-])c1cc(Cl)c(Cl)cc1NCC1CCOC1. The first kappa shape index (κ1) is 13.4. The molecule has 1 aliphatic rings. The van der Waals surface area contributed by atoms with Crippen LogP contribution in [0.25, 0.3) is 0 Å². The van der Waals surface area contributed by atoms with Crippen LogP contribution in [-0.4, -0.2) is 24.7 Å². The van der Waals surface area contributed by atoms with Crippen LogP contribution in [0.15, 0.2) is 12.1 Å². The molecular formula is C11H12Cl2N2O3. The number of rotatable bonds is 4. The molecule has 1 saturated heterocycles. The Morgan fingerprint density at radius 3 is 2.78 bits per heavy atom.